The number of aryl methyl sites for hydroxylation is 2. The number of hydrogen-bond acceptors (Lipinski definition) is 3. The van der Waals surface area contributed by atoms with E-state index >= 15 is 0 Å². The molecule has 114 valence electrons. The number of allylic oxidation sites excluding steroid dienone is 1. The van der Waals surface area contributed by atoms with E-state index in [1.165, 1.54) is 0 Å². The van der Waals surface area contributed by atoms with E-state index in [4.69, 9.17) is 13.8 Å². The normalized spacial score (nSPS) is 14.0. The van der Waals surface area contributed by atoms with Crippen molar-refractivity contribution in [2.75, 3.05) is 0 Å². The Morgan fingerprint density at radius 2 is 1.52 bits per heavy atom. The first-order chi connectivity index (χ1) is 11.2. The average molecular weight is 303 g/mol. The van der Waals surface area contributed by atoms with Gasteiger partial charge < -0.3 is 8.83 Å². The number of hydrogen-bond donors (Lipinski definition) is 0. The molecule has 1 aliphatic rings. The minimum Gasteiger partial charge on any atom is -0.462 e. The first kappa shape index (κ1) is 13.8. The Morgan fingerprint density at radius 1 is 0.826 bits per heavy atom. The van der Waals surface area contributed by atoms with Crippen molar-refractivity contribution in [3.05, 3.63) is 77.1 Å². The molecule has 0 spiro atoms. The second-order valence-electron chi connectivity index (χ2n) is 5.78. The summed E-state index contributed by atoms with van der Waals surface area (Å²) in [6.45, 7) is 3.90. The second kappa shape index (κ2) is 5.43. The monoisotopic (exact) mass is 303 g/mol. The number of rotatable bonds is 2. The van der Waals surface area contributed by atoms with Gasteiger partial charge in [-0.05, 0) is 50.3 Å². The predicted molar refractivity (Wildman–Crippen MR) is 92.0 cm³/mol. The van der Waals surface area contributed by atoms with Crippen molar-refractivity contribution in [3.8, 4) is 0 Å². The fraction of sp³-hybridized carbons (Fsp3) is 0.150. The quantitative estimate of drug-likeness (QED) is 0.622. The van der Waals surface area contributed by atoms with Crippen LogP contribution in [0.25, 0.3) is 11.6 Å². The molecule has 0 unspecified atom stereocenters. The standard InChI is InChI=1S/C20H17NO2/c1-13-7-9-19(22-13)16-11-15-5-3-4-6-17(15)21-18(12-16)20-10-8-14(2)23-20/h3-11H,12H2,1-2H3. The molecule has 0 saturated heterocycles. The zero-order valence-electron chi connectivity index (χ0n) is 13.2. The molecule has 0 radical (unpaired) electrons. The lowest BCUT2D eigenvalue weighted by Crippen LogP contribution is -1.99. The van der Waals surface area contributed by atoms with Crippen LogP contribution in [0.5, 0.6) is 0 Å². The van der Waals surface area contributed by atoms with Gasteiger partial charge >= 0.3 is 0 Å². The van der Waals surface area contributed by atoms with Crippen molar-refractivity contribution in [3.63, 3.8) is 0 Å². The van der Waals surface area contributed by atoms with Crippen LogP contribution in [0.3, 0.4) is 0 Å². The van der Waals surface area contributed by atoms with Crippen molar-refractivity contribution < 1.29 is 8.83 Å². The summed E-state index contributed by atoms with van der Waals surface area (Å²) in [5.74, 6) is 3.49. The van der Waals surface area contributed by atoms with Crippen molar-refractivity contribution in [2.45, 2.75) is 20.3 Å². The van der Waals surface area contributed by atoms with Gasteiger partial charge in [-0.2, -0.15) is 0 Å². The Balaban J connectivity index is 1.86. The van der Waals surface area contributed by atoms with E-state index in [0.29, 0.717) is 6.42 Å². The van der Waals surface area contributed by atoms with E-state index in [0.717, 1.165) is 45.6 Å². The summed E-state index contributed by atoms with van der Waals surface area (Å²) in [4.78, 5) is 4.83. The van der Waals surface area contributed by atoms with Gasteiger partial charge in [0.25, 0.3) is 0 Å². The van der Waals surface area contributed by atoms with Gasteiger partial charge in [-0.1, -0.05) is 18.2 Å². The molecule has 0 bridgehead atoms. The van der Waals surface area contributed by atoms with Gasteiger partial charge in [-0.25, -0.2) is 4.99 Å². The second-order valence-corrected chi connectivity index (χ2v) is 5.78. The molecule has 3 nitrogen and oxygen atoms in total. The van der Waals surface area contributed by atoms with E-state index in [1.54, 1.807) is 0 Å². The highest BCUT2D eigenvalue weighted by Crippen LogP contribution is 2.33. The molecule has 23 heavy (non-hydrogen) atoms. The smallest absolute Gasteiger partial charge is 0.148 e. The third kappa shape index (κ3) is 2.66. The summed E-state index contributed by atoms with van der Waals surface area (Å²) >= 11 is 0. The summed E-state index contributed by atoms with van der Waals surface area (Å²) in [5, 5.41) is 0. The Labute approximate surface area is 135 Å². The number of furan rings is 2. The van der Waals surface area contributed by atoms with Crippen molar-refractivity contribution in [2.24, 2.45) is 4.99 Å². The van der Waals surface area contributed by atoms with Crippen LogP contribution in [-0.4, -0.2) is 5.71 Å². The first-order valence-electron chi connectivity index (χ1n) is 7.70. The van der Waals surface area contributed by atoms with Crippen molar-refractivity contribution in [1.82, 2.24) is 0 Å². The molecule has 0 fully saturated rings. The fourth-order valence-corrected chi connectivity index (χ4v) is 2.81. The molecule has 3 heteroatoms. The highest BCUT2D eigenvalue weighted by atomic mass is 16.3. The molecule has 1 aliphatic heterocycles. The highest BCUT2D eigenvalue weighted by Gasteiger charge is 2.18. The van der Waals surface area contributed by atoms with Gasteiger partial charge in [-0.3, -0.25) is 0 Å². The molecular formula is C20H17NO2. The lowest BCUT2D eigenvalue weighted by Gasteiger charge is -2.04. The third-order valence-corrected chi connectivity index (χ3v) is 3.96. The maximum absolute atomic E-state index is 5.83. The van der Waals surface area contributed by atoms with E-state index in [1.807, 2.05) is 56.3 Å². The van der Waals surface area contributed by atoms with E-state index < -0.39 is 0 Å². The number of nitrogens with zero attached hydrogens (tertiary/aromatic N) is 1. The molecule has 0 saturated carbocycles. The van der Waals surface area contributed by atoms with Gasteiger partial charge in [-0.15, -0.1) is 0 Å². The number of para-hydroxylation sites is 1. The summed E-state index contributed by atoms with van der Waals surface area (Å²) < 4.78 is 11.6. The topological polar surface area (TPSA) is 38.6 Å². The zero-order valence-corrected chi connectivity index (χ0v) is 13.2. The van der Waals surface area contributed by atoms with Crippen LogP contribution in [0.4, 0.5) is 5.69 Å². The lowest BCUT2D eigenvalue weighted by molar-refractivity contribution is 0.519. The summed E-state index contributed by atoms with van der Waals surface area (Å²) in [6.07, 6.45) is 2.83. The Kier molecular flexibility index (Phi) is 3.27. The Morgan fingerprint density at radius 3 is 2.22 bits per heavy atom. The maximum Gasteiger partial charge on any atom is 0.148 e. The summed E-state index contributed by atoms with van der Waals surface area (Å²) in [7, 11) is 0. The van der Waals surface area contributed by atoms with Crippen molar-refractivity contribution >= 4 is 23.0 Å². The Hall–Kier alpha value is -2.81. The molecule has 3 aromatic rings. The minimum atomic E-state index is 0.675. The Bertz CT molecular complexity index is 849. The maximum atomic E-state index is 5.83. The zero-order chi connectivity index (χ0) is 15.8. The molecule has 0 atom stereocenters. The summed E-state index contributed by atoms with van der Waals surface area (Å²) in [5.41, 5.74) is 4.07. The van der Waals surface area contributed by atoms with Crippen LogP contribution in [0.15, 0.2) is 62.4 Å². The van der Waals surface area contributed by atoms with E-state index in [-0.39, 0.29) is 0 Å². The van der Waals surface area contributed by atoms with Gasteiger partial charge in [0.05, 0.1) is 11.4 Å². The van der Waals surface area contributed by atoms with Gasteiger partial charge in [0, 0.05) is 17.6 Å². The lowest BCUT2D eigenvalue weighted by atomic mass is 10.0. The molecule has 3 heterocycles. The van der Waals surface area contributed by atoms with Gasteiger partial charge in [0.2, 0.25) is 0 Å². The molecule has 0 amide bonds. The largest absolute Gasteiger partial charge is 0.462 e. The van der Waals surface area contributed by atoms with Crippen molar-refractivity contribution in [1.29, 1.82) is 0 Å². The summed E-state index contributed by atoms with van der Waals surface area (Å²) in [6, 6.07) is 16.1. The number of aliphatic imine (C=N–C) groups is 1. The number of benzene rings is 1. The average Bonchev–Trinajstić information content (AvgIpc) is 3.11. The molecular weight excluding hydrogens is 286 g/mol. The number of fused-ring (bicyclic) bond motifs is 1. The third-order valence-electron chi connectivity index (χ3n) is 3.96. The predicted octanol–water partition coefficient (Wildman–Crippen LogP) is 5.55. The minimum absolute atomic E-state index is 0.675. The van der Waals surface area contributed by atoms with Crippen LogP contribution in [-0.2, 0) is 0 Å². The SMILES string of the molecule is Cc1ccc(C2=Cc3ccccc3N=C(c3ccc(C)o3)C2)o1. The van der Waals surface area contributed by atoms with E-state index in [9.17, 15) is 0 Å². The van der Waals surface area contributed by atoms with Gasteiger partial charge in [0.1, 0.15) is 23.0 Å². The van der Waals surface area contributed by atoms with E-state index in [2.05, 4.69) is 12.1 Å². The van der Waals surface area contributed by atoms with Crippen LogP contribution >= 0.6 is 0 Å². The van der Waals surface area contributed by atoms with Crippen LogP contribution < -0.4 is 0 Å². The first-order valence-corrected chi connectivity index (χ1v) is 7.70. The molecule has 4 rings (SSSR count). The molecule has 1 aromatic carbocycles. The van der Waals surface area contributed by atoms with Crippen LogP contribution in [0, 0.1) is 13.8 Å². The molecule has 0 N–H and O–H groups in total. The fourth-order valence-electron chi connectivity index (χ4n) is 2.81. The highest BCUT2D eigenvalue weighted by molar-refractivity contribution is 6.09. The van der Waals surface area contributed by atoms with Crippen LogP contribution in [0.2, 0.25) is 0 Å². The van der Waals surface area contributed by atoms with Gasteiger partial charge in [0.15, 0.2) is 0 Å². The molecule has 0 aliphatic carbocycles. The molecule has 2 aromatic heterocycles. The van der Waals surface area contributed by atoms with Crippen LogP contribution in [0.1, 0.15) is 35.0 Å².